The Bertz CT molecular complexity index is 2420. The Morgan fingerprint density at radius 1 is 0.711 bits per heavy atom. The van der Waals surface area contributed by atoms with E-state index in [-0.39, 0.29) is 20.1 Å². The quantitative estimate of drug-likeness (QED) is 0.131. The van der Waals surface area contributed by atoms with Crippen molar-refractivity contribution in [2.45, 2.75) is 26.8 Å². The van der Waals surface area contributed by atoms with Crippen LogP contribution in [-0.2, 0) is 20.1 Å². The van der Waals surface area contributed by atoms with Crippen LogP contribution in [0.1, 0.15) is 25.5 Å². The molecule has 0 unspecified atom stereocenters. The van der Waals surface area contributed by atoms with Crippen LogP contribution in [0.4, 0.5) is 0 Å². The summed E-state index contributed by atoms with van der Waals surface area (Å²) in [5.41, 5.74) is 10.3. The van der Waals surface area contributed by atoms with Crippen LogP contribution in [-0.4, -0.2) is 14.0 Å². The van der Waals surface area contributed by atoms with Crippen LogP contribution < -0.4 is 4.57 Å². The molecular weight excluding hydrogens is 729 g/mol. The van der Waals surface area contributed by atoms with Crippen LogP contribution in [0.2, 0.25) is 0 Å². The molecule has 9 aromatic rings. The number of hydrogen-bond acceptors (Lipinski definition) is 1. The summed E-state index contributed by atoms with van der Waals surface area (Å²) < 4.78 is 6.73. The molecule has 218 valence electrons. The number of rotatable bonds is 3. The molecule has 0 bridgehead atoms. The first-order valence-corrected chi connectivity index (χ1v) is 15.0. The van der Waals surface area contributed by atoms with E-state index in [9.17, 15) is 0 Å². The number of para-hydroxylation sites is 4. The summed E-state index contributed by atoms with van der Waals surface area (Å²) in [7, 11) is 0. The van der Waals surface area contributed by atoms with E-state index in [1.54, 1.807) is 0 Å². The predicted octanol–water partition coefficient (Wildman–Crippen LogP) is 9.10. The molecule has 4 heterocycles. The molecule has 0 aliphatic heterocycles. The molecule has 0 saturated heterocycles. The maximum absolute atomic E-state index is 4.32. The molecule has 0 fully saturated rings. The smallest absolute Gasteiger partial charge is 0.358 e. The van der Waals surface area contributed by atoms with Gasteiger partial charge in [-0.2, -0.15) is 0 Å². The summed E-state index contributed by atoms with van der Waals surface area (Å²) in [4.78, 5) is 4.32. The van der Waals surface area contributed by atoms with Crippen molar-refractivity contribution in [2.24, 2.45) is 0 Å². The molecule has 0 atom stereocenters. The number of nitrogens with zero attached hydrogens (tertiary/aromatic N) is 4. The Kier molecular flexibility index (Phi) is 7.45. The Balaban J connectivity index is 0.000000196. The molecule has 0 amide bonds. The third-order valence-corrected chi connectivity index (χ3v) is 8.36. The summed E-state index contributed by atoms with van der Waals surface area (Å²) in [6.45, 7) is 6.42. The molecule has 4 nitrogen and oxygen atoms in total. The SMILES string of the molecule is CC(C)[n+]1[c-]n(-c2[c-]c3c4cccc5c6ccccc6n(c3cc2)c45)c2ccccc21.Cc1ccc(-c2[c-]cccc2)nc1.[Ir+3]. The number of fused-ring (bicyclic) bond motifs is 7. The second kappa shape index (κ2) is 11.6. The van der Waals surface area contributed by atoms with Gasteiger partial charge in [-0.15, -0.1) is 59.5 Å². The summed E-state index contributed by atoms with van der Waals surface area (Å²) in [6.07, 6.45) is 5.43. The van der Waals surface area contributed by atoms with Gasteiger partial charge in [-0.3, -0.25) is 0 Å². The molecule has 0 aliphatic carbocycles. The molecule has 0 N–H and O–H groups in total. The van der Waals surface area contributed by atoms with Gasteiger partial charge in [-0.05, 0) is 54.7 Å². The van der Waals surface area contributed by atoms with Crippen molar-refractivity contribution < 1.29 is 24.7 Å². The minimum Gasteiger partial charge on any atom is -0.358 e. The molecule has 5 aromatic carbocycles. The van der Waals surface area contributed by atoms with Crippen LogP contribution in [0, 0.1) is 25.4 Å². The molecule has 9 rings (SSSR count). The second-order valence-electron chi connectivity index (χ2n) is 11.5. The van der Waals surface area contributed by atoms with E-state index in [0.29, 0.717) is 6.04 Å². The topological polar surface area (TPSA) is 26.1 Å². The number of hydrogen-bond donors (Lipinski definition) is 0. The van der Waals surface area contributed by atoms with E-state index in [2.05, 4.69) is 136 Å². The summed E-state index contributed by atoms with van der Waals surface area (Å²) in [5.74, 6) is 0. The Morgan fingerprint density at radius 3 is 2.24 bits per heavy atom. The number of aryl methyl sites for hydroxylation is 1. The number of imidazole rings is 1. The van der Waals surface area contributed by atoms with Crippen LogP contribution in [0.25, 0.3) is 66.1 Å². The maximum Gasteiger partial charge on any atom is 3.00 e. The summed E-state index contributed by atoms with van der Waals surface area (Å²) in [6, 6.07) is 47.3. The predicted molar refractivity (Wildman–Crippen MR) is 179 cm³/mol. The van der Waals surface area contributed by atoms with Gasteiger partial charge in [0.05, 0.1) is 17.1 Å². The number of benzene rings is 5. The first-order valence-electron chi connectivity index (χ1n) is 15.0. The molecule has 0 saturated carbocycles. The van der Waals surface area contributed by atoms with Crippen molar-refractivity contribution in [3.05, 3.63) is 145 Å². The molecule has 0 spiro atoms. The van der Waals surface area contributed by atoms with Gasteiger partial charge in [0.25, 0.3) is 0 Å². The average Bonchev–Trinajstić information content (AvgIpc) is 3.73. The largest absolute Gasteiger partial charge is 3.00 e. The van der Waals surface area contributed by atoms with Crippen molar-refractivity contribution in [1.82, 2.24) is 14.0 Å². The third-order valence-electron chi connectivity index (χ3n) is 8.36. The molecular formula is C40H30IrN4+. The van der Waals surface area contributed by atoms with E-state index >= 15 is 0 Å². The Hall–Kier alpha value is -4.83. The molecule has 45 heavy (non-hydrogen) atoms. The first-order chi connectivity index (χ1) is 21.6. The van der Waals surface area contributed by atoms with Gasteiger partial charge in [0.2, 0.25) is 6.33 Å². The van der Waals surface area contributed by atoms with E-state index in [0.717, 1.165) is 27.8 Å². The molecule has 0 aliphatic rings. The Labute approximate surface area is 275 Å². The fourth-order valence-electron chi connectivity index (χ4n) is 6.30. The zero-order valence-electron chi connectivity index (χ0n) is 25.2. The van der Waals surface area contributed by atoms with Crippen molar-refractivity contribution in [2.75, 3.05) is 0 Å². The van der Waals surface area contributed by atoms with Gasteiger partial charge in [-0.25, -0.2) is 0 Å². The first kappa shape index (κ1) is 28.9. The van der Waals surface area contributed by atoms with Gasteiger partial charge in [-0.1, -0.05) is 78.2 Å². The van der Waals surface area contributed by atoms with Crippen molar-refractivity contribution in [1.29, 1.82) is 0 Å². The monoisotopic (exact) mass is 759 g/mol. The zero-order chi connectivity index (χ0) is 29.8. The van der Waals surface area contributed by atoms with Crippen LogP contribution in [0.3, 0.4) is 0 Å². The van der Waals surface area contributed by atoms with Crippen molar-refractivity contribution >= 4 is 49.1 Å². The van der Waals surface area contributed by atoms with E-state index in [1.165, 1.54) is 43.8 Å². The fourth-order valence-corrected chi connectivity index (χ4v) is 6.30. The standard InChI is InChI=1S/C28H20N3.C12H10N.Ir/c1-18(2)29-17-30(27-13-6-5-12-26(27)29)19-14-15-25-23(16-19)22-10-7-9-21-20-8-3-4-11-24(20)31(25)28(21)22;1-10-7-8-12(13-9-10)11-5-3-2-4-6-11;/h3-15,18H,1-2H3;2-5,7-9H,1H3;/q2*-1;+3. The van der Waals surface area contributed by atoms with E-state index in [1.807, 2.05) is 43.5 Å². The average molecular weight is 759 g/mol. The molecule has 0 radical (unpaired) electrons. The van der Waals surface area contributed by atoms with Crippen LogP contribution in [0.15, 0.2) is 121 Å². The van der Waals surface area contributed by atoms with Crippen LogP contribution >= 0.6 is 0 Å². The van der Waals surface area contributed by atoms with E-state index in [4.69, 9.17) is 0 Å². The fraction of sp³-hybridized carbons (Fsp3) is 0.100. The number of pyridine rings is 1. The van der Waals surface area contributed by atoms with Crippen molar-refractivity contribution in [3.8, 4) is 16.9 Å². The van der Waals surface area contributed by atoms with Gasteiger partial charge in [0, 0.05) is 22.6 Å². The molecule has 4 aromatic heterocycles. The van der Waals surface area contributed by atoms with Crippen LogP contribution in [0.5, 0.6) is 0 Å². The minimum atomic E-state index is 0. The van der Waals surface area contributed by atoms with Gasteiger partial charge in [0.15, 0.2) is 0 Å². The zero-order valence-corrected chi connectivity index (χ0v) is 27.6. The van der Waals surface area contributed by atoms with Gasteiger partial charge >= 0.3 is 20.1 Å². The van der Waals surface area contributed by atoms with E-state index < -0.39 is 0 Å². The normalized spacial score (nSPS) is 11.5. The number of aromatic nitrogens is 4. The second-order valence-corrected chi connectivity index (χ2v) is 11.5. The molecule has 5 heteroatoms. The van der Waals surface area contributed by atoms with Crippen molar-refractivity contribution in [3.63, 3.8) is 0 Å². The Morgan fingerprint density at radius 2 is 1.47 bits per heavy atom. The maximum atomic E-state index is 4.32. The van der Waals surface area contributed by atoms with Gasteiger partial charge in [0.1, 0.15) is 0 Å². The summed E-state index contributed by atoms with van der Waals surface area (Å²) >= 11 is 0. The summed E-state index contributed by atoms with van der Waals surface area (Å²) in [5, 5.41) is 5.01. The van der Waals surface area contributed by atoms with Gasteiger partial charge < -0.3 is 18.5 Å². The minimum absolute atomic E-state index is 0. The third kappa shape index (κ3) is 4.80.